The largest absolute Gasteiger partial charge is 0.383 e. The van der Waals surface area contributed by atoms with Gasteiger partial charge in [-0.25, -0.2) is 0 Å². The van der Waals surface area contributed by atoms with Gasteiger partial charge in [-0.3, -0.25) is 4.79 Å². The molecule has 22 heavy (non-hydrogen) atoms. The molecule has 1 saturated heterocycles. The molecule has 0 aliphatic carbocycles. The first-order valence-electron chi connectivity index (χ1n) is 8.01. The lowest BCUT2D eigenvalue weighted by molar-refractivity contribution is -0.133. The number of rotatable bonds is 7. The molecule has 0 N–H and O–H groups in total. The summed E-state index contributed by atoms with van der Waals surface area (Å²) in [7, 11) is 1.68. The van der Waals surface area contributed by atoms with Gasteiger partial charge in [0.05, 0.1) is 13.0 Å². The lowest BCUT2D eigenvalue weighted by Gasteiger charge is -2.38. The number of amides is 1. The van der Waals surface area contributed by atoms with E-state index in [-0.39, 0.29) is 11.3 Å². The van der Waals surface area contributed by atoms with E-state index in [9.17, 15) is 4.79 Å². The third-order valence-corrected chi connectivity index (χ3v) is 4.39. The smallest absolute Gasteiger partial charge is 0.227 e. The summed E-state index contributed by atoms with van der Waals surface area (Å²) in [6.07, 6.45) is 2.47. The Hall–Kier alpha value is -1.39. The molecule has 1 aromatic rings. The van der Waals surface area contributed by atoms with Crippen LogP contribution >= 0.6 is 0 Å². The van der Waals surface area contributed by atoms with Gasteiger partial charge in [-0.15, -0.1) is 0 Å². The van der Waals surface area contributed by atoms with Crippen molar-refractivity contribution < 1.29 is 14.3 Å². The van der Waals surface area contributed by atoms with Crippen LogP contribution in [0, 0.1) is 5.41 Å². The summed E-state index contributed by atoms with van der Waals surface area (Å²) >= 11 is 0. The molecule has 0 bridgehead atoms. The summed E-state index contributed by atoms with van der Waals surface area (Å²) in [5.41, 5.74) is 1.21. The van der Waals surface area contributed by atoms with Crippen molar-refractivity contribution in [2.45, 2.75) is 26.2 Å². The van der Waals surface area contributed by atoms with Gasteiger partial charge in [0.2, 0.25) is 5.91 Å². The van der Waals surface area contributed by atoms with Crippen molar-refractivity contribution in [3.63, 3.8) is 0 Å². The first-order valence-corrected chi connectivity index (χ1v) is 8.01. The van der Waals surface area contributed by atoms with Crippen LogP contribution in [0.1, 0.15) is 25.3 Å². The summed E-state index contributed by atoms with van der Waals surface area (Å²) in [5, 5.41) is 0. The minimum atomic E-state index is 0.151. The van der Waals surface area contributed by atoms with Crippen LogP contribution in [-0.4, -0.2) is 50.8 Å². The van der Waals surface area contributed by atoms with Crippen molar-refractivity contribution in [2.75, 3.05) is 40.0 Å². The van der Waals surface area contributed by atoms with Crippen LogP contribution in [0.5, 0.6) is 0 Å². The molecular weight excluding hydrogens is 278 g/mol. The van der Waals surface area contributed by atoms with Crippen molar-refractivity contribution in [1.82, 2.24) is 4.90 Å². The summed E-state index contributed by atoms with van der Waals surface area (Å²) in [6.45, 7) is 5.85. The molecule has 4 heteroatoms. The molecule has 2 rings (SSSR count). The monoisotopic (exact) mass is 305 g/mol. The number of methoxy groups -OCH3 is 1. The lowest BCUT2D eigenvalue weighted by atomic mass is 9.82. The maximum atomic E-state index is 12.7. The fourth-order valence-electron chi connectivity index (χ4n) is 2.86. The molecule has 0 aromatic heterocycles. The van der Waals surface area contributed by atoms with Crippen LogP contribution in [0.3, 0.4) is 0 Å². The van der Waals surface area contributed by atoms with Crippen molar-refractivity contribution in [3.05, 3.63) is 35.9 Å². The standard InChI is InChI=1S/C18H27NO3/c1-18(8-11-22-12-9-18)15-19(10-13-21-2)17(20)14-16-6-4-3-5-7-16/h3-7H,8-15H2,1-2H3. The van der Waals surface area contributed by atoms with E-state index in [4.69, 9.17) is 9.47 Å². The number of nitrogens with zero attached hydrogens (tertiary/aromatic N) is 1. The van der Waals surface area contributed by atoms with Crippen molar-refractivity contribution >= 4 is 5.91 Å². The molecule has 0 radical (unpaired) electrons. The molecule has 4 nitrogen and oxygen atoms in total. The van der Waals surface area contributed by atoms with Gasteiger partial charge in [-0.1, -0.05) is 37.3 Å². The Bertz CT molecular complexity index is 455. The molecule has 0 saturated carbocycles. The normalized spacial score (nSPS) is 17.2. The number of ether oxygens (including phenoxy) is 2. The second-order valence-corrected chi connectivity index (χ2v) is 6.39. The highest BCUT2D eigenvalue weighted by atomic mass is 16.5. The van der Waals surface area contributed by atoms with E-state index in [0.29, 0.717) is 19.6 Å². The fraction of sp³-hybridized carbons (Fsp3) is 0.611. The Morgan fingerprint density at radius 3 is 2.59 bits per heavy atom. The van der Waals surface area contributed by atoms with Gasteiger partial charge in [0.15, 0.2) is 0 Å². The van der Waals surface area contributed by atoms with Gasteiger partial charge in [0, 0.05) is 33.4 Å². The molecule has 1 aliphatic rings. The first kappa shape index (κ1) is 17.0. The molecule has 0 spiro atoms. The molecule has 1 heterocycles. The Balaban J connectivity index is 1.99. The van der Waals surface area contributed by atoms with Crippen molar-refractivity contribution in [3.8, 4) is 0 Å². The van der Waals surface area contributed by atoms with Crippen molar-refractivity contribution in [2.24, 2.45) is 5.41 Å². The minimum Gasteiger partial charge on any atom is -0.383 e. The van der Waals surface area contributed by atoms with E-state index in [2.05, 4.69) is 6.92 Å². The quantitative estimate of drug-likeness (QED) is 0.777. The first-order chi connectivity index (χ1) is 10.6. The van der Waals surface area contributed by atoms with Gasteiger partial charge in [0.25, 0.3) is 0 Å². The predicted octanol–water partition coefficient (Wildman–Crippen LogP) is 2.52. The number of carbonyl (C=O) groups is 1. The SMILES string of the molecule is COCCN(CC1(C)CCOCC1)C(=O)Cc1ccccc1. The third-order valence-electron chi connectivity index (χ3n) is 4.39. The zero-order chi connectivity index (χ0) is 15.8. The number of carbonyl (C=O) groups excluding carboxylic acids is 1. The van der Waals surface area contributed by atoms with E-state index >= 15 is 0 Å². The third kappa shape index (κ3) is 5.11. The molecule has 0 atom stereocenters. The van der Waals surface area contributed by atoms with Gasteiger partial charge in [0.1, 0.15) is 0 Å². The number of hydrogen-bond donors (Lipinski definition) is 0. The highest BCUT2D eigenvalue weighted by Crippen LogP contribution is 2.30. The van der Waals surface area contributed by atoms with Gasteiger partial charge in [-0.05, 0) is 23.8 Å². The highest BCUT2D eigenvalue weighted by Gasteiger charge is 2.31. The number of hydrogen-bond acceptors (Lipinski definition) is 3. The predicted molar refractivity (Wildman–Crippen MR) is 86.8 cm³/mol. The molecule has 0 unspecified atom stereocenters. The van der Waals surface area contributed by atoms with E-state index in [1.807, 2.05) is 35.2 Å². The average molecular weight is 305 g/mol. The maximum Gasteiger partial charge on any atom is 0.227 e. The van der Waals surface area contributed by atoms with Crippen LogP contribution in [0.4, 0.5) is 0 Å². The number of benzene rings is 1. The van der Waals surface area contributed by atoms with Gasteiger partial charge < -0.3 is 14.4 Å². The minimum absolute atomic E-state index is 0.151. The van der Waals surface area contributed by atoms with E-state index < -0.39 is 0 Å². The van der Waals surface area contributed by atoms with E-state index in [1.54, 1.807) is 7.11 Å². The lowest BCUT2D eigenvalue weighted by Crippen LogP contribution is -2.44. The Labute approximate surface area is 133 Å². The second kappa shape index (κ2) is 8.30. The summed E-state index contributed by atoms with van der Waals surface area (Å²) in [6, 6.07) is 9.93. The fourth-order valence-corrected chi connectivity index (χ4v) is 2.86. The Morgan fingerprint density at radius 1 is 1.27 bits per heavy atom. The Kier molecular flexibility index (Phi) is 6.40. The zero-order valence-corrected chi connectivity index (χ0v) is 13.7. The molecular formula is C18H27NO3. The summed E-state index contributed by atoms with van der Waals surface area (Å²) < 4.78 is 10.6. The van der Waals surface area contributed by atoms with Crippen molar-refractivity contribution in [1.29, 1.82) is 0 Å². The molecule has 1 aliphatic heterocycles. The van der Waals surface area contributed by atoms with Crippen LogP contribution in [0.15, 0.2) is 30.3 Å². The van der Waals surface area contributed by atoms with Gasteiger partial charge >= 0.3 is 0 Å². The summed E-state index contributed by atoms with van der Waals surface area (Å²) in [4.78, 5) is 14.6. The Morgan fingerprint density at radius 2 is 1.95 bits per heavy atom. The molecule has 1 amide bonds. The van der Waals surface area contributed by atoms with Crippen LogP contribution in [-0.2, 0) is 20.7 Å². The van der Waals surface area contributed by atoms with E-state index in [1.165, 1.54) is 0 Å². The van der Waals surface area contributed by atoms with Crippen LogP contribution in [0.2, 0.25) is 0 Å². The topological polar surface area (TPSA) is 38.8 Å². The average Bonchev–Trinajstić information content (AvgIpc) is 2.53. The molecule has 122 valence electrons. The second-order valence-electron chi connectivity index (χ2n) is 6.39. The van der Waals surface area contributed by atoms with Crippen LogP contribution < -0.4 is 0 Å². The van der Waals surface area contributed by atoms with Crippen LogP contribution in [0.25, 0.3) is 0 Å². The highest BCUT2D eigenvalue weighted by molar-refractivity contribution is 5.78. The van der Waals surface area contributed by atoms with E-state index in [0.717, 1.165) is 38.2 Å². The summed E-state index contributed by atoms with van der Waals surface area (Å²) in [5.74, 6) is 0.177. The zero-order valence-electron chi connectivity index (χ0n) is 13.7. The van der Waals surface area contributed by atoms with Gasteiger partial charge in [-0.2, -0.15) is 0 Å². The molecule has 1 aromatic carbocycles. The molecule has 1 fully saturated rings. The maximum absolute atomic E-state index is 12.7.